The third-order valence-corrected chi connectivity index (χ3v) is 3.44. The van der Waals surface area contributed by atoms with Crippen LogP contribution < -0.4 is 5.32 Å². The Labute approximate surface area is 110 Å². The molecule has 0 amide bonds. The lowest BCUT2D eigenvalue weighted by Crippen LogP contribution is -2.20. The van der Waals surface area contributed by atoms with Crippen LogP contribution in [0.3, 0.4) is 0 Å². The Balaban J connectivity index is 2.00. The molecule has 2 rings (SSSR count). The number of hydrogen-bond donors (Lipinski definition) is 1. The van der Waals surface area contributed by atoms with E-state index in [1.807, 2.05) is 0 Å². The summed E-state index contributed by atoms with van der Waals surface area (Å²) in [6.45, 7) is 9.71. The van der Waals surface area contributed by atoms with Crippen molar-refractivity contribution < 1.29 is 0 Å². The molecule has 3 nitrogen and oxygen atoms in total. The summed E-state index contributed by atoms with van der Waals surface area (Å²) in [6.07, 6.45) is 4.72. The average Bonchev–Trinajstić information content (AvgIpc) is 3.05. The maximum Gasteiger partial charge on any atom is 0.129 e. The van der Waals surface area contributed by atoms with Crippen molar-refractivity contribution in [2.24, 2.45) is 5.92 Å². The summed E-state index contributed by atoms with van der Waals surface area (Å²) in [6, 6.07) is 0.784. The van der Waals surface area contributed by atoms with Gasteiger partial charge in [-0.05, 0) is 51.1 Å². The van der Waals surface area contributed by atoms with Crippen molar-refractivity contribution in [3.63, 3.8) is 0 Å². The Hall–Kier alpha value is -0.960. The first kappa shape index (κ1) is 13.5. The molecule has 0 bridgehead atoms. The van der Waals surface area contributed by atoms with Gasteiger partial charge in [0.25, 0.3) is 0 Å². The standard InChI is InChI=1S/C15H25N3/c1-10(2)9-15-17-11(3)14(12(4)18-15)7-8-16-13-5-6-13/h10,13,16H,5-9H2,1-4H3. The molecule has 18 heavy (non-hydrogen) atoms. The molecule has 1 fully saturated rings. The molecular weight excluding hydrogens is 222 g/mol. The van der Waals surface area contributed by atoms with Crippen LogP contribution in [-0.4, -0.2) is 22.6 Å². The zero-order valence-corrected chi connectivity index (χ0v) is 12.1. The number of hydrogen-bond acceptors (Lipinski definition) is 3. The molecule has 0 radical (unpaired) electrons. The van der Waals surface area contributed by atoms with Gasteiger partial charge in [0, 0.05) is 23.9 Å². The molecule has 0 aliphatic heterocycles. The minimum absolute atomic E-state index is 0.617. The molecule has 0 unspecified atom stereocenters. The molecule has 1 aromatic heterocycles. The first-order valence-electron chi connectivity index (χ1n) is 7.12. The monoisotopic (exact) mass is 247 g/mol. The van der Waals surface area contributed by atoms with Gasteiger partial charge in [0.15, 0.2) is 0 Å². The van der Waals surface area contributed by atoms with Crippen molar-refractivity contribution in [2.45, 2.75) is 59.4 Å². The third kappa shape index (κ3) is 3.77. The first-order chi connectivity index (χ1) is 8.56. The van der Waals surface area contributed by atoms with E-state index in [-0.39, 0.29) is 0 Å². The van der Waals surface area contributed by atoms with Crippen LogP contribution in [0.5, 0.6) is 0 Å². The van der Waals surface area contributed by atoms with Crippen LogP contribution in [0.4, 0.5) is 0 Å². The van der Waals surface area contributed by atoms with E-state index in [2.05, 4.69) is 43.0 Å². The first-order valence-corrected chi connectivity index (χ1v) is 7.12. The fourth-order valence-corrected chi connectivity index (χ4v) is 2.32. The normalized spacial score (nSPS) is 15.4. The molecule has 1 aliphatic rings. The van der Waals surface area contributed by atoms with Crippen LogP contribution in [0.25, 0.3) is 0 Å². The number of aryl methyl sites for hydroxylation is 2. The quantitative estimate of drug-likeness (QED) is 0.839. The van der Waals surface area contributed by atoms with Gasteiger partial charge in [-0.25, -0.2) is 9.97 Å². The molecule has 3 heteroatoms. The zero-order chi connectivity index (χ0) is 13.1. The van der Waals surface area contributed by atoms with Crippen LogP contribution in [0, 0.1) is 19.8 Å². The van der Waals surface area contributed by atoms with Crippen molar-refractivity contribution in [2.75, 3.05) is 6.54 Å². The predicted molar refractivity (Wildman–Crippen MR) is 74.8 cm³/mol. The Bertz CT molecular complexity index is 385. The summed E-state index contributed by atoms with van der Waals surface area (Å²) in [5.74, 6) is 1.62. The SMILES string of the molecule is Cc1nc(CC(C)C)nc(C)c1CCNC1CC1. The zero-order valence-electron chi connectivity index (χ0n) is 12.1. The number of nitrogens with one attached hydrogen (secondary N) is 1. The molecule has 0 spiro atoms. The van der Waals surface area contributed by atoms with Gasteiger partial charge in [-0.2, -0.15) is 0 Å². The highest BCUT2D eigenvalue weighted by Gasteiger charge is 2.20. The Morgan fingerprint density at radius 3 is 2.28 bits per heavy atom. The molecule has 1 N–H and O–H groups in total. The van der Waals surface area contributed by atoms with Crippen molar-refractivity contribution in [3.05, 3.63) is 22.8 Å². The summed E-state index contributed by atoms with van der Waals surface area (Å²) in [7, 11) is 0. The predicted octanol–water partition coefficient (Wildman–Crippen LogP) is 2.59. The van der Waals surface area contributed by atoms with Crippen molar-refractivity contribution >= 4 is 0 Å². The van der Waals surface area contributed by atoms with E-state index in [4.69, 9.17) is 0 Å². The molecule has 1 saturated carbocycles. The maximum atomic E-state index is 4.65. The summed E-state index contributed by atoms with van der Waals surface area (Å²) in [5, 5.41) is 3.55. The van der Waals surface area contributed by atoms with Gasteiger partial charge in [-0.1, -0.05) is 13.8 Å². The second kappa shape index (κ2) is 5.79. The lowest BCUT2D eigenvalue weighted by Gasteiger charge is -2.12. The molecule has 0 saturated heterocycles. The molecule has 1 heterocycles. The van der Waals surface area contributed by atoms with Gasteiger partial charge < -0.3 is 5.32 Å². The number of rotatable bonds is 6. The van der Waals surface area contributed by atoms with E-state index in [0.717, 1.165) is 42.6 Å². The topological polar surface area (TPSA) is 37.8 Å². The van der Waals surface area contributed by atoms with E-state index in [1.54, 1.807) is 0 Å². The number of nitrogens with zero attached hydrogens (tertiary/aromatic N) is 2. The molecular formula is C15H25N3. The van der Waals surface area contributed by atoms with Gasteiger partial charge in [-0.3, -0.25) is 0 Å². The van der Waals surface area contributed by atoms with E-state index in [9.17, 15) is 0 Å². The smallest absolute Gasteiger partial charge is 0.129 e. The average molecular weight is 247 g/mol. The van der Waals surface area contributed by atoms with Crippen molar-refractivity contribution in [1.29, 1.82) is 0 Å². The third-order valence-electron chi connectivity index (χ3n) is 3.44. The van der Waals surface area contributed by atoms with Crippen LogP contribution in [-0.2, 0) is 12.8 Å². The number of aromatic nitrogens is 2. The summed E-state index contributed by atoms with van der Waals surface area (Å²) in [5.41, 5.74) is 3.65. The van der Waals surface area contributed by atoms with Crippen molar-refractivity contribution in [1.82, 2.24) is 15.3 Å². The van der Waals surface area contributed by atoms with Crippen molar-refractivity contribution in [3.8, 4) is 0 Å². The van der Waals surface area contributed by atoms with Gasteiger partial charge in [-0.15, -0.1) is 0 Å². The van der Waals surface area contributed by atoms with Gasteiger partial charge >= 0.3 is 0 Å². The van der Waals surface area contributed by atoms with Crippen LogP contribution >= 0.6 is 0 Å². The van der Waals surface area contributed by atoms with Crippen LogP contribution in [0.1, 0.15) is 49.5 Å². The van der Waals surface area contributed by atoms with Gasteiger partial charge in [0.05, 0.1) is 0 Å². The van der Waals surface area contributed by atoms with E-state index in [0.29, 0.717) is 5.92 Å². The Morgan fingerprint density at radius 2 is 1.78 bits per heavy atom. The lowest BCUT2D eigenvalue weighted by atomic mass is 10.1. The molecule has 0 aromatic carbocycles. The molecule has 1 aliphatic carbocycles. The second-order valence-electron chi connectivity index (χ2n) is 5.87. The van der Waals surface area contributed by atoms with E-state index >= 15 is 0 Å². The van der Waals surface area contributed by atoms with E-state index in [1.165, 1.54) is 18.4 Å². The summed E-state index contributed by atoms with van der Waals surface area (Å²) < 4.78 is 0. The van der Waals surface area contributed by atoms with Gasteiger partial charge in [0.1, 0.15) is 5.82 Å². The highest BCUT2D eigenvalue weighted by molar-refractivity contribution is 5.24. The Morgan fingerprint density at radius 1 is 1.17 bits per heavy atom. The van der Waals surface area contributed by atoms with Gasteiger partial charge in [0.2, 0.25) is 0 Å². The Kier molecular flexibility index (Phi) is 4.33. The lowest BCUT2D eigenvalue weighted by molar-refractivity contribution is 0.613. The highest BCUT2D eigenvalue weighted by atomic mass is 14.9. The fourth-order valence-electron chi connectivity index (χ4n) is 2.32. The molecule has 1 aromatic rings. The molecule has 0 atom stereocenters. The van der Waals surface area contributed by atoms with Crippen LogP contribution in [0.15, 0.2) is 0 Å². The van der Waals surface area contributed by atoms with E-state index < -0.39 is 0 Å². The minimum atomic E-state index is 0.617. The largest absolute Gasteiger partial charge is 0.314 e. The summed E-state index contributed by atoms with van der Waals surface area (Å²) >= 11 is 0. The fraction of sp³-hybridized carbons (Fsp3) is 0.733. The highest BCUT2D eigenvalue weighted by Crippen LogP contribution is 2.19. The summed E-state index contributed by atoms with van der Waals surface area (Å²) in [4.78, 5) is 9.30. The molecule has 100 valence electrons. The second-order valence-corrected chi connectivity index (χ2v) is 5.87. The minimum Gasteiger partial charge on any atom is -0.314 e. The maximum absolute atomic E-state index is 4.65. The van der Waals surface area contributed by atoms with Crippen LogP contribution in [0.2, 0.25) is 0 Å².